The summed E-state index contributed by atoms with van der Waals surface area (Å²) in [7, 11) is 0. The SMILES string of the molecule is O=c1ccnc2sc(N3CCCCC[C@H]3C[C@H](O)c3ccccc3)nn12. The molecule has 0 spiro atoms. The fourth-order valence-corrected chi connectivity index (χ4v) is 4.57. The summed E-state index contributed by atoms with van der Waals surface area (Å²) in [5.74, 6) is 0. The number of aliphatic hydroxyl groups excluding tert-OH is 1. The number of nitrogens with zero attached hydrogens (tertiary/aromatic N) is 4. The van der Waals surface area contributed by atoms with Crippen LogP contribution in [0.2, 0.25) is 0 Å². The minimum absolute atomic E-state index is 0.159. The van der Waals surface area contributed by atoms with Gasteiger partial charge in [-0.3, -0.25) is 4.79 Å². The molecular formula is C19H22N4O2S. The van der Waals surface area contributed by atoms with Gasteiger partial charge in [0.25, 0.3) is 5.56 Å². The zero-order valence-electron chi connectivity index (χ0n) is 14.5. The molecule has 1 saturated heterocycles. The van der Waals surface area contributed by atoms with Gasteiger partial charge in [-0.15, -0.1) is 5.10 Å². The van der Waals surface area contributed by atoms with Gasteiger partial charge in [0, 0.05) is 24.8 Å². The first-order valence-corrected chi connectivity index (χ1v) is 9.88. The molecule has 4 rings (SSSR count). The summed E-state index contributed by atoms with van der Waals surface area (Å²) in [5.41, 5.74) is 0.784. The Morgan fingerprint density at radius 1 is 1.19 bits per heavy atom. The highest BCUT2D eigenvalue weighted by Gasteiger charge is 2.27. The second-order valence-electron chi connectivity index (χ2n) is 6.72. The van der Waals surface area contributed by atoms with Crippen molar-refractivity contribution in [3.63, 3.8) is 0 Å². The second kappa shape index (κ2) is 7.55. The van der Waals surface area contributed by atoms with Crippen molar-refractivity contribution in [1.82, 2.24) is 14.6 Å². The molecule has 1 N–H and O–H groups in total. The van der Waals surface area contributed by atoms with Crippen molar-refractivity contribution in [2.45, 2.75) is 44.2 Å². The summed E-state index contributed by atoms with van der Waals surface area (Å²) in [6, 6.07) is 11.4. The molecule has 0 unspecified atom stereocenters. The topological polar surface area (TPSA) is 70.7 Å². The Labute approximate surface area is 155 Å². The molecule has 2 aromatic heterocycles. The van der Waals surface area contributed by atoms with Gasteiger partial charge < -0.3 is 10.0 Å². The lowest BCUT2D eigenvalue weighted by Gasteiger charge is -2.31. The number of aromatic nitrogens is 3. The summed E-state index contributed by atoms with van der Waals surface area (Å²) in [6.07, 6.45) is 6.11. The zero-order chi connectivity index (χ0) is 17.9. The summed E-state index contributed by atoms with van der Waals surface area (Å²) >= 11 is 1.44. The van der Waals surface area contributed by atoms with Crippen molar-refractivity contribution in [2.24, 2.45) is 0 Å². The summed E-state index contributed by atoms with van der Waals surface area (Å²) < 4.78 is 1.37. The molecule has 0 aliphatic carbocycles. The maximum absolute atomic E-state index is 12.0. The number of aliphatic hydroxyl groups is 1. The molecule has 1 aliphatic rings. The van der Waals surface area contributed by atoms with Gasteiger partial charge >= 0.3 is 0 Å². The van der Waals surface area contributed by atoms with Gasteiger partial charge in [0.05, 0.1) is 6.10 Å². The van der Waals surface area contributed by atoms with Gasteiger partial charge in [-0.2, -0.15) is 4.52 Å². The normalized spacial score (nSPS) is 19.4. The van der Waals surface area contributed by atoms with E-state index in [2.05, 4.69) is 15.0 Å². The molecule has 7 heteroatoms. The number of anilines is 1. The van der Waals surface area contributed by atoms with E-state index in [-0.39, 0.29) is 11.6 Å². The predicted octanol–water partition coefficient (Wildman–Crippen LogP) is 3.02. The van der Waals surface area contributed by atoms with Crippen LogP contribution in [-0.4, -0.2) is 32.3 Å². The van der Waals surface area contributed by atoms with Gasteiger partial charge in [-0.05, 0) is 24.8 Å². The number of hydrogen-bond donors (Lipinski definition) is 1. The summed E-state index contributed by atoms with van der Waals surface area (Å²) in [4.78, 5) is 19.1. The van der Waals surface area contributed by atoms with E-state index in [4.69, 9.17) is 0 Å². The van der Waals surface area contributed by atoms with Crippen LogP contribution in [-0.2, 0) is 0 Å². The van der Waals surface area contributed by atoms with Gasteiger partial charge in [0.1, 0.15) is 0 Å². The quantitative estimate of drug-likeness (QED) is 0.764. The van der Waals surface area contributed by atoms with Crippen molar-refractivity contribution in [3.8, 4) is 0 Å². The van der Waals surface area contributed by atoms with E-state index in [9.17, 15) is 9.90 Å². The Morgan fingerprint density at radius 3 is 2.85 bits per heavy atom. The third-order valence-electron chi connectivity index (χ3n) is 4.96. The first kappa shape index (κ1) is 17.2. The fourth-order valence-electron chi connectivity index (χ4n) is 3.59. The lowest BCUT2D eigenvalue weighted by molar-refractivity contribution is 0.155. The number of benzene rings is 1. The van der Waals surface area contributed by atoms with E-state index in [0.29, 0.717) is 11.4 Å². The van der Waals surface area contributed by atoms with Crippen LogP contribution in [0, 0.1) is 0 Å². The van der Waals surface area contributed by atoms with Crippen molar-refractivity contribution < 1.29 is 5.11 Å². The van der Waals surface area contributed by atoms with Crippen LogP contribution < -0.4 is 10.5 Å². The summed E-state index contributed by atoms with van der Waals surface area (Å²) in [5, 5.41) is 16.0. The summed E-state index contributed by atoms with van der Waals surface area (Å²) in [6.45, 7) is 0.890. The molecule has 0 bridgehead atoms. The van der Waals surface area contributed by atoms with Gasteiger partial charge in [-0.25, -0.2) is 4.98 Å². The van der Waals surface area contributed by atoms with Crippen LogP contribution in [0.3, 0.4) is 0 Å². The van der Waals surface area contributed by atoms with Gasteiger partial charge in [0.2, 0.25) is 10.1 Å². The maximum Gasteiger partial charge on any atom is 0.275 e. The molecule has 0 saturated carbocycles. The van der Waals surface area contributed by atoms with Crippen LogP contribution in [0.15, 0.2) is 47.4 Å². The van der Waals surface area contributed by atoms with Crippen LogP contribution in [0.25, 0.3) is 4.96 Å². The molecule has 0 amide bonds. The molecule has 1 aliphatic heterocycles. The Bertz CT molecular complexity index is 924. The minimum Gasteiger partial charge on any atom is -0.388 e. The van der Waals surface area contributed by atoms with E-state index < -0.39 is 6.10 Å². The van der Waals surface area contributed by atoms with Crippen molar-refractivity contribution in [3.05, 3.63) is 58.5 Å². The average molecular weight is 370 g/mol. The highest BCUT2D eigenvalue weighted by molar-refractivity contribution is 7.20. The van der Waals surface area contributed by atoms with Crippen LogP contribution >= 0.6 is 11.3 Å². The Balaban J connectivity index is 1.62. The highest BCUT2D eigenvalue weighted by atomic mass is 32.1. The predicted molar refractivity (Wildman–Crippen MR) is 103 cm³/mol. The van der Waals surface area contributed by atoms with Crippen molar-refractivity contribution >= 4 is 21.4 Å². The van der Waals surface area contributed by atoms with E-state index >= 15 is 0 Å². The van der Waals surface area contributed by atoms with Gasteiger partial charge in [-0.1, -0.05) is 54.5 Å². The third kappa shape index (κ3) is 3.50. The van der Waals surface area contributed by atoms with E-state index in [1.807, 2.05) is 30.3 Å². The van der Waals surface area contributed by atoms with E-state index in [1.54, 1.807) is 0 Å². The molecular weight excluding hydrogens is 348 g/mol. The van der Waals surface area contributed by atoms with Crippen LogP contribution in [0.1, 0.15) is 43.8 Å². The van der Waals surface area contributed by atoms with Crippen molar-refractivity contribution in [2.75, 3.05) is 11.4 Å². The maximum atomic E-state index is 12.0. The Hall–Kier alpha value is -2.25. The number of hydrogen-bond acceptors (Lipinski definition) is 6. The van der Waals surface area contributed by atoms with Crippen molar-refractivity contribution in [1.29, 1.82) is 0 Å². The lowest BCUT2D eigenvalue weighted by Crippen LogP contribution is -2.36. The minimum atomic E-state index is -0.503. The Kier molecular flexibility index (Phi) is 4.99. The molecule has 3 heterocycles. The largest absolute Gasteiger partial charge is 0.388 e. The smallest absolute Gasteiger partial charge is 0.275 e. The fraction of sp³-hybridized carbons (Fsp3) is 0.421. The van der Waals surface area contributed by atoms with Gasteiger partial charge in [0.15, 0.2) is 0 Å². The van der Waals surface area contributed by atoms with Crippen LogP contribution in [0.4, 0.5) is 5.13 Å². The Morgan fingerprint density at radius 2 is 2.04 bits per heavy atom. The van der Waals surface area contributed by atoms with E-state index in [0.717, 1.165) is 36.5 Å². The lowest BCUT2D eigenvalue weighted by atomic mass is 9.98. The molecule has 3 aromatic rings. The molecule has 1 aromatic carbocycles. The third-order valence-corrected chi connectivity index (χ3v) is 5.92. The van der Waals surface area contributed by atoms with E-state index in [1.165, 1.54) is 34.5 Å². The highest BCUT2D eigenvalue weighted by Crippen LogP contribution is 2.32. The van der Waals surface area contributed by atoms with Crippen LogP contribution in [0.5, 0.6) is 0 Å². The molecule has 6 nitrogen and oxygen atoms in total. The molecule has 26 heavy (non-hydrogen) atoms. The average Bonchev–Trinajstić information content (AvgIpc) is 2.97. The molecule has 136 valence electrons. The molecule has 1 fully saturated rings. The molecule has 2 atom stereocenters. The number of rotatable bonds is 4. The zero-order valence-corrected chi connectivity index (χ0v) is 15.3. The monoisotopic (exact) mass is 370 g/mol. The molecule has 0 radical (unpaired) electrons. The first-order valence-electron chi connectivity index (χ1n) is 9.07. The first-order chi connectivity index (χ1) is 12.7. The standard InChI is InChI=1S/C19H22N4O2S/c24-16(14-7-3-1-4-8-14)13-15-9-5-2-6-12-22(15)19-21-23-17(25)10-11-20-18(23)26-19/h1,3-4,7-8,10-11,15-16,24H,2,5-6,9,12-13H2/t15-,16-/m0/s1. The second-order valence-corrected chi connectivity index (χ2v) is 7.66. The number of fused-ring (bicyclic) bond motifs is 1.